The number of ether oxygens (including phenoxy) is 1. The minimum atomic E-state index is -0.570. The van der Waals surface area contributed by atoms with Gasteiger partial charge in [-0.15, -0.1) is 5.10 Å². The summed E-state index contributed by atoms with van der Waals surface area (Å²) < 4.78 is 12.9. The SMILES string of the molecule is COc1ccc2[nH]c(=O)c([C@@H](c3nnnn3C(C)(C)C)N(Cc3ccccc3)Cc3ccco3)cc2c1. The highest BCUT2D eigenvalue weighted by atomic mass is 16.5. The maximum absolute atomic E-state index is 13.6. The molecule has 0 bridgehead atoms. The molecule has 37 heavy (non-hydrogen) atoms. The first kappa shape index (κ1) is 24.5. The number of nitrogens with one attached hydrogen (secondary N) is 1. The van der Waals surface area contributed by atoms with Crippen LogP contribution in [0.1, 0.15) is 49.5 Å². The summed E-state index contributed by atoms with van der Waals surface area (Å²) in [4.78, 5) is 18.8. The summed E-state index contributed by atoms with van der Waals surface area (Å²) in [7, 11) is 1.62. The van der Waals surface area contributed by atoms with Gasteiger partial charge in [-0.25, -0.2) is 4.68 Å². The van der Waals surface area contributed by atoms with Crippen LogP contribution >= 0.6 is 0 Å². The highest BCUT2D eigenvalue weighted by Gasteiger charge is 2.34. The minimum absolute atomic E-state index is 0.205. The normalized spacial score (nSPS) is 12.8. The Morgan fingerprint density at radius 2 is 1.86 bits per heavy atom. The Balaban J connectivity index is 1.73. The molecule has 0 saturated heterocycles. The quantitative estimate of drug-likeness (QED) is 0.332. The van der Waals surface area contributed by atoms with Crippen LogP contribution in [0, 0.1) is 0 Å². The molecule has 3 heterocycles. The van der Waals surface area contributed by atoms with Crippen LogP contribution in [-0.4, -0.2) is 37.2 Å². The standard InChI is InChI=1S/C28H30N6O3/c1-28(2,3)34-26(30-31-32-34)25(23-16-20-15-21(36-4)12-13-24(20)29-27(23)35)33(18-22-11-8-14-37-22)17-19-9-6-5-7-10-19/h5-16,25H,17-18H2,1-4H3,(H,29,35)/t25-/m0/s1. The fraction of sp³-hybridized carbons (Fsp3) is 0.286. The van der Waals surface area contributed by atoms with Gasteiger partial charge in [0.15, 0.2) is 5.82 Å². The van der Waals surface area contributed by atoms with Crippen molar-refractivity contribution < 1.29 is 9.15 Å². The third-order valence-electron chi connectivity index (χ3n) is 6.28. The van der Waals surface area contributed by atoms with Gasteiger partial charge in [0.25, 0.3) is 5.56 Å². The van der Waals surface area contributed by atoms with Crippen molar-refractivity contribution in [2.24, 2.45) is 0 Å². The van der Waals surface area contributed by atoms with E-state index in [9.17, 15) is 4.79 Å². The molecule has 2 aromatic carbocycles. The molecule has 0 aliphatic carbocycles. The summed E-state index contributed by atoms with van der Waals surface area (Å²) in [5.74, 6) is 2.05. The number of tetrazole rings is 1. The highest BCUT2D eigenvalue weighted by Crippen LogP contribution is 2.32. The van der Waals surface area contributed by atoms with Gasteiger partial charge < -0.3 is 14.1 Å². The van der Waals surface area contributed by atoms with E-state index >= 15 is 0 Å². The van der Waals surface area contributed by atoms with Crippen LogP contribution in [0.25, 0.3) is 10.9 Å². The van der Waals surface area contributed by atoms with Gasteiger partial charge >= 0.3 is 0 Å². The molecule has 0 spiro atoms. The summed E-state index contributed by atoms with van der Waals surface area (Å²) in [6, 6.07) is 20.8. The predicted octanol–water partition coefficient (Wildman–Crippen LogP) is 4.66. The number of aromatic nitrogens is 5. The van der Waals surface area contributed by atoms with E-state index in [1.807, 2.05) is 75.4 Å². The van der Waals surface area contributed by atoms with Gasteiger partial charge in [-0.1, -0.05) is 30.3 Å². The third-order valence-corrected chi connectivity index (χ3v) is 6.28. The van der Waals surface area contributed by atoms with E-state index in [2.05, 4.69) is 37.5 Å². The first-order chi connectivity index (χ1) is 17.8. The Hall–Kier alpha value is -4.24. The summed E-state index contributed by atoms with van der Waals surface area (Å²) >= 11 is 0. The van der Waals surface area contributed by atoms with Gasteiger partial charge in [0.2, 0.25) is 0 Å². The monoisotopic (exact) mass is 498 g/mol. The lowest BCUT2D eigenvalue weighted by atomic mass is 10.0. The topological polar surface area (TPSA) is 102 Å². The lowest BCUT2D eigenvalue weighted by Crippen LogP contribution is -2.37. The van der Waals surface area contributed by atoms with Crippen molar-refractivity contribution >= 4 is 10.9 Å². The molecule has 1 atom stereocenters. The van der Waals surface area contributed by atoms with Gasteiger partial charge in [0.1, 0.15) is 17.6 Å². The van der Waals surface area contributed by atoms with Crippen molar-refractivity contribution in [3.8, 4) is 5.75 Å². The number of benzene rings is 2. The van der Waals surface area contributed by atoms with Crippen molar-refractivity contribution in [3.05, 3.63) is 106 Å². The minimum Gasteiger partial charge on any atom is -0.497 e. The molecule has 3 aromatic heterocycles. The summed E-state index contributed by atoms with van der Waals surface area (Å²) in [6.07, 6.45) is 1.65. The van der Waals surface area contributed by atoms with Crippen LogP contribution in [0.4, 0.5) is 0 Å². The van der Waals surface area contributed by atoms with Crippen molar-refractivity contribution in [2.75, 3.05) is 7.11 Å². The van der Waals surface area contributed by atoms with E-state index in [1.54, 1.807) is 18.1 Å². The largest absolute Gasteiger partial charge is 0.497 e. The van der Waals surface area contributed by atoms with Crippen molar-refractivity contribution in [1.29, 1.82) is 0 Å². The molecule has 9 heteroatoms. The molecule has 9 nitrogen and oxygen atoms in total. The van der Waals surface area contributed by atoms with Crippen molar-refractivity contribution in [2.45, 2.75) is 45.4 Å². The number of furan rings is 1. The zero-order valence-corrected chi connectivity index (χ0v) is 21.4. The molecule has 0 unspecified atom stereocenters. The molecule has 1 N–H and O–H groups in total. The molecule has 0 radical (unpaired) electrons. The number of pyridine rings is 1. The number of H-pyrrole nitrogens is 1. The number of rotatable bonds is 8. The van der Waals surface area contributed by atoms with E-state index in [4.69, 9.17) is 9.15 Å². The number of hydrogen-bond donors (Lipinski definition) is 1. The first-order valence-corrected chi connectivity index (χ1v) is 12.1. The Morgan fingerprint density at radius 3 is 2.57 bits per heavy atom. The second kappa shape index (κ2) is 10.0. The fourth-order valence-electron chi connectivity index (χ4n) is 4.53. The predicted molar refractivity (Wildman–Crippen MR) is 140 cm³/mol. The molecule has 0 fully saturated rings. The number of hydrogen-bond acceptors (Lipinski definition) is 7. The number of nitrogens with zero attached hydrogens (tertiary/aromatic N) is 5. The Kier molecular flexibility index (Phi) is 6.62. The number of aromatic amines is 1. The molecular weight excluding hydrogens is 468 g/mol. The van der Waals surface area contributed by atoms with Crippen molar-refractivity contribution in [1.82, 2.24) is 30.1 Å². The second-order valence-corrected chi connectivity index (χ2v) is 10.00. The van der Waals surface area contributed by atoms with E-state index in [1.165, 1.54) is 0 Å². The maximum Gasteiger partial charge on any atom is 0.253 e. The van der Waals surface area contributed by atoms with E-state index < -0.39 is 11.6 Å². The zero-order valence-electron chi connectivity index (χ0n) is 21.4. The maximum atomic E-state index is 13.6. The molecule has 0 aliphatic rings. The zero-order chi connectivity index (χ0) is 26.0. The van der Waals surface area contributed by atoms with Crippen LogP contribution in [0.15, 0.2) is 82.2 Å². The van der Waals surface area contributed by atoms with Crippen LogP contribution in [0.3, 0.4) is 0 Å². The van der Waals surface area contributed by atoms with Crippen molar-refractivity contribution in [3.63, 3.8) is 0 Å². The molecule has 0 saturated carbocycles. The second-order valence-electron chi connectivity index (χ2n) is 10.00. The highest BCUT2D eigenvalue weighted by molar-refractivity contribution is 5.80. The Bertz CT molecular complexity index is 1530. The summed E-state index contributed by atoms with van der Waals surface area (Å²) in [5.41, 5.74) is 1.73. The molecule has 190 valence electrons. The number of fused-ring (bicyclic) bond motifs is 1. The molecule has 0 aliphatic heterocycles. The average molecular weight is 499 g/mol. The number of methoxy groups -OCH3 is 1. The summed E-state index contributed by atoms with van der Waals surface area (Å²) in [5, 5.41) is 13.6. The Labute approximate surface area is 214 Å². The lowest BCUT2D eigenvalue weighted by Gasteiger charge is -2.32. The first-order valence-electron chi connectivity index (χ1n) is 12.1. The van der Waals surface area contributed by atoms with E-state index in [0.717, 1.165) is 22.2 Å². The van der Waals surface area contributed by atoms with Gasteiger partial charge in [-0.05, 0) is 73.2 Å². The van der Waals surface area contributed by atoms with Gasteiger partial charge in [-0.3, -0.25) is 9.69 Å². The van der Waals surface area contributed by atoms with E-state index in [-0.39, 0.29) is 5.56 Å². The molecule has 0 amide bonds. The fourth-order valence-corrected chi connectivity index (χ4v) is 4.53. The van der Waals surface area contributed by atoms with Gasteiger partial charge in [0.05, 0.1) is 25.5 Å². The molecule has 5 rings (SSSR count). The van der Waals surface area contributed by atoms with Crippen LogP contribution in [-0.2, 0) is 18.6 Å². The molecular formula is C28H30N6O3. The Morgan fingerprint density at radius 1 is 1.05 bits per heavy atom. The van der Waals surface area contributed by atoms with Crippen LogP contribution in [0.5, 0.6) is 5.75 Å². The van der Waals surface area contributed by atoms with Crippen LogP contribution < -0.4 is 10.3 Å². The van der Waals surface area contributed by atoms with Crippen LogP contribution in [0.2, 0.25) is 0 Å². The van der Waals surface area contributed by atoms with Gasteiger partial charge in [-0.2, -0.15) is 0 Å². The summed E-state index contributed by atoms with van der Waals surface area (Å²) in [6.45, 7) is 7.09. The third kappa shape index (κ3) is 5.17. The smallest absolute Gasteiger partial charge is 0.253 e. The van der Waals surface area contributed by atoms with E-state index in [0.29, 0.717) is 30.2 Å². The molecule has 5 aromatic rings. The average Bonchev–Trinajstić information content (AvgIpc) is 3.57. The van der Waals surface area contributed by atoms with Gasteiger partial charge in [0, 0.05) is 23.0 Å². The lowest BCUT2D eigenvalue weighted by molar-refractivity contribution is 0.171.